The molecule has 0 spiro atoms. The summed E-state index contributed by atoms with van der Waals surface area (Å²) in [4.78, 5) is 87.1. The Balaban J connectivity index is 0.991. The minimum absolute atomic E-state index is 0.0502. The number of anilines is 2. The van der Waals surface area contributed by atoms with Crippen LogP contribution in [0.5, 0.6) is 0 Å². The van der Waals surface area contributed by atoms with Crippen molar-refractivity contribution in [2.45, 2.75) is 90.1 Å². The van der Waals surface area contributed by atoms with Crippen LogP contribution < -0.4 is 43.4 Å². The van der Waals surface area contributed by atoms with Crippen molar-refractivity contribution in [3.05, 3.63) is 112 Å². The third kappa shape index (κ3) is 18.5. The Kier molecular flexibility index (Phi) is 22.5. The summed E-state index contributed by atoms with van der Waals surface area (Å²) in [6, 6.07) is 11.4. The number of aromatic nitrogens is 5. The van der Waals surface area contributed by atoms with Gasteiger partial charge < -0.3 is 56.0 Å². The van der Waals surface area contributed by atoms with E-state index in [0.29, 0.717) is 65.8 Å². The van der Waals surface area contributed by atoms with Crippen LogP contribution in [0.1, 0.15) is 88.5 Å². The van der Waals surface area contributed by atoms with E-state index in [1.54, 1.807) is 82.7 Å². The second-order valence-corrected chi connectivity index (χ2v) is 19.7. The number of aryl methyl sites for hydroxylation is 1. The summed E-state index contributed by atoms with van der Waals surface area (Å²) >= 11 is 0. The Labute approximate surface area is 455 Å². The number of hydrogen-bond donors (Lipinski definition) is 7. The number of ether oxygens (including phenoxy) is 5. The van der Waals surface area contributed by atoms with Gasteiger partial charge in [0, 0.05) is 36.8 Å². The lowest BCUT2D eigenvalue weighted by atomic mass is 9.83. The predicted octanol–water partition coefficient (Wildman–Crippen LogP) is 4.08. The minimum atomic E-state index is -1.11. The van der Waals surface area contributed by atoms with Crippen LogP contribution in [-0.4, -0.2) is 138 Å². The van der Waals surface area contributed by atoms with Gasteiger partial charge in [0.25, 0.3) is 5.56 Å². The number of nitrogens with one attached hydrogen (secondary N) is 6. The number of primary amides is 1. The van der Waals surface area contributed by atoms with Crippen LogP contribution in [0, 0.1) is 17.6 Å². The predicted molar refractivity (Wildman–Crippen MR) is 284 cm³/mol. The molecular formula is C53H70F2N12O12. The van der Waals surface area contributed by atoms with Gasteiger partial charge in [-0.3, -0.25) is 28.7 Å². The maximum absolute atomic E-state index is 15.3. The first-order valence-electron chi connectivity index (χ1n) is 25.8. The molecule has 1 aliphatic rings. The maximum atomic E-state index is 15.3. The molecule has 24 nitrogen and oxygen atoms in total. The van der Waals surface area contributed by atoms with Crippen LogP contribution in [0.2, 0.25) is 0 Å². The minimum Gasteiger partial charge on any atom is -0.442 e. The van der Waals surface area contributed by atoms with Crippen molar-refractivity contribution in [2.75, 3.05) is 76.6 Å². The van der Waals surface area contributed by atoms with E-state index in [9.17, 15) is 33.2 Å². The summed E-state index contributed by atoms with van der Waals surface area (Å²) in [5, 5.41) is 23.8. The fourth-order valence-electron chi connectivity index (χ4n) is 8.43. The van der Waals surface area contributed by atoms with Crippen molar-refractivity contribution in [1.82, 2.24) is 46.0 Å². The van der Waals surface area contributed by atoms with Gasteiger partial charge in [-0.2, -0.15) is 15.7 Å². The number of benzene rings is 3. The van der Waals surface area contributed by atoms with Crippen molar-refractivity contribution in [2.24, 2.45) is 18.7 Å². The van der Waals surface area contributed by atoms with Gasteiger partial charge in [0.1, 0.15) is 41.5 Å². The van der Waals surface area contributed by atoms with Crippen molar-refractivity contribution in [1.29, 1.82) is 0 Å². The van der Waals surface area contributed by atoms with Crippen LogP contribution in [-0.2, 0) is 56.5 Å². The Morgan fingerprint density at radius 2 is 1.47 bits per heavy atom. The average Bonchev–Trinajstić information content (AvgIpc) is 4.05. The molecule has 0 radical (unpaired) electrons. The summed E-state index contributed by atoms with van der Waals surface area (Å²) in [5.74, 6) is -3.24. The summed E-state index contributed by atoms with van der Waals surface area (Å²) < 4.78 is 59.1. The third-order valence-corrected chi connectivity index (χ3v) is 12.1. The van der Waals surface area contributed by atoms with Crippen LogP contribution in [0.25, 0.3) is 10.8 Å². The normalized spacial score (nSPS) is 14.7. The van der Waals surface area contributed by atoms with Crippen molar-refractivity contribution in [3.63, 3.8) is 0 Å². The number of urea groups is 1. The molecule has 2 aromatic heterocycles. The molecule has 26 heteroatoms. The Morgan fingerprint density at radius 3 is 2.08 bits per heavy atom. The first-order chi connectivity index (χ1) is 37.8. The lowest BCUT2D eigenvalue weighted by Gasteiger charge is -2.34. The zero-order chi connectivity index (χ0) is 57.1. The summed E-state index contributed by atoms with van der Waals surface area (Å²) in [6.07, 6.45) is 1.01. The van der Waals surface area contributed by atoms with Gasteiger partial charge in [-0.25, -0.2) is 28.0 Å². The second-order valence-electron chi connectivity index (χ2n) is 19.7. The van der Waals surface area contributed by atoms with E-state index in [4.69, 9.17) is 39.4 Å². The van der Waals surface area contributed by atoms with Gasteiger partial charge >= 0.3 is 12.1 Å². The molecule has 0 bridgehead atoms. The number of carbonyl (C=O) groups is 5. The number of nitrogens with zero attached hydrogens (tertiary/aromatic N) is 5. The molecule has 0 saturated heterocycles. The summed E-state index contributed by atoms with van der Waals surface area (Å²) in [5.41, 5.74) is 8.62. The molecule has 1 aliphatic heterocycles. The SMILES string of the molecule is CC(C)[C@H](NC(=O)CCOCCOCCOCCOCCONC(=O)OC(C)(C)C)C(=O)N[C@@H](CCCNC(N)=O)C(=O)Nc1ccc(Cn2nc3c4c(cc(F)cc4c2=O)N[C@H](c2ccc(F)cc2)[C@H]3c2ncnn2C)cc1. The Bertz CT molecular complexity index is 2900. The number of nitrogens with two attached hydrogens (primary N) is 1. The van der Waals surface area contributed by atoms with E-state index in [2.05, 4.69) is 42.1 Å². The van der Waals surface area contributed by atoms with Crippen LogP contribution in [0.4, 0.5) is 29.7 Å². The molecule has 3 aromatic carbocycles. The van der Waals surface area contributed by atoms with Gasteiger partial charge in [-0.05, 0) is 87.1 Å². The number of hydrogen-bond acceptors (Lipinski definition) is 16. The Morgan fingerprint density at radius 1 is 0.823 bits per heavy atom. The van der Waals surface area contributed by atoms with Gasteiger partial charge in [-0.1, -0.05) is 38.1 Å². The van der Waals surface area contributed by atoms with Gasteiger partial charge in [0.05, 0.1) is 89.0 Å². The van der Waals surface area contributed by atoms with Crippen molar-refractivity contribution in [3.8, 4) is 0 Å². The van der Waals surface area contributed by atoms with Crippen LogP contribution in [0.3, 0.4) is 0 Å². The zero-order valence-electron chi connectivity index (χ0n) is 45.1. The second kappa shape index (κ2) is 29.4. The quantitative estimate of drug-likeness (QED) is 0.0252. The average molecular weight is 1110 g/mol. The molecule has 6 amide bonds. The van der Waals surface area contributed by atoms with Gasteiger partial charge in [0.15, 0.2) is 0 Å². The summed E-state index contributed by atoms with van der Waals surface area (Å²) in [6.45, 7) is 11.0. The Hall–Kier alpha value is -7.65. The molecule has 0 saturated carbocycles. The lowest BCUT2D eigenvalue weighted by molar-refractivity contribution is -0.132. The molecule has 428 valence electrons. The standard InChI is InChI=1S/C53H70F2N12O12/c1-32(2)44(63-41(68)17-19-74-20-21-75-22-23-76-24-25-77-26-27-78-65-52(73)79-53(3,4)5)49(70)62-39(8-7-18-57-51(56)72)48(69)60-37-15-9-33(10-16-37)30-67-50(71)38-28-36(55)29-40-42(38)46(64-67)43(47-58-31-59-66(47)6)45(61-40)34-11-13-35(54)14-12-34/h9-16,28-29,31-32,39,43-45,61H,7-8,17-27,30H2,1-6H3,(H,60,69)(H,62,70)(H,63,68)(H,65,73)(H3,56,57,72)/t39-,43+,44-,45+/m0/s1. The molecule has 0 aliphatic carbocycles. The van der Waals surface area contributed by atoms with Gasteiger partial charge in [0.2, 0.25) is 17.7 Å². The van der Waals surface area contributed by atoms with E-state index in [1.165, 1.54) is 35.3 Å². The number of halogens is 2. The molecule has 5 aromatic rings. The lowest BCUT2D eigenvalue weighted by Crippen LogP contribution is -2.54. The van der Waals surface area contributed by atoms with E-state index < -0.39 is 76.7 Å². The van der Waals surface area contributed by atoms with E-state index in [-0.39, 0.29) is 76.7 Å². The van der Waals surface area contributed by atoms with E-state index in [1.807, 2.05) is 0 Å². The fraction of sp³-hybridized carbons (Fsp3) is 0.491. The molecule has 79 heavy (non-hydrogen) atoms. The molecule has 6 rings (SSSR count). The highest BCUT2D eigenvalue weighted by Crippen LogP contribution is 2.46. The molecule has 0 fully saturated rings. The molecule has 3 heterocycles. The summed E-state index contributed by atoms with van der Waals surface area (Å²) in [7, 11) is 1.72. The number of carbonyl (C=O) groups excluding carboxylic acids is 5. The molecule has 0 unspecified atom stereocenters. The van der Waals surface area contributed by atoms with Crippen LogP contribution in [0.15, 0.2) is 71.8 Å². The third-order valence-electron chi connectivity index (χ3n) is 12.1. The topological polar surface area (TPSA) is 305 Å². The van der Waals surface area contributed by atoms with Crippen molar-refractivity contribution < 1.29 is 61.3 Å². The highest BCUT2D eigenvalue weighted by Gasteiger charge is 2.38. The number of hydroxylamine groups is 1. The number of rotatable bonds is 30. The first-order valence-corrected chi connectivity index (χ1v) is 25.8. The maximum Gasteiger partial charge on any atom is 0.431 e. The molecule has 4 atom stereocenters. The highest BCUT2D eigenvalue weighted by molar-refractivity contribution is 5.99. The molecule has 8 N–H and O–H groups in total. The molecular weight excluding hydrogens is 1030 g/mol. The van der Waals surface area contributed by atoms with E-state index >= 15 is 4.39 Å². The monoisotopic (exact) mass is 1100 g/mol. The highest BCUT2D eigenvalue weighted by atomic mass is 19.1. The smallest absolute Gasteiger partial charge is 0.431 e. The zero-order valence-corrected chi connectivity index (χ0v) is 45.1. The number of amides is 6. The largest absolute Gasteiger partial charge is 0.442 e. The fourth-order valence-corrected chi connectivity index (χ4v) is 8.43. The first kappa shape index (κ1) is 60.6. The van der Waals surface area contributed by atoms with E-state index in [0.717, 1.165) is 0 Å². The van der Waals surface area contributed by atoms with Crippen LogP contribution >= 0.6 is 0 Å². The van der Waals surface area contributed by atoms with Gasteiger partial charge in [-0.15, -0.1) is 0 Å². The van der Waals surface area contributed by atoms with Crippen molar-refractivity contribution >= 4 is 52.0 Å².